The molecule has 2 nitrogen and oxygen atoms in total. The lowest BCUT2D eigenvalue weighted by Gasteiger charge is -2.04. The first-order valence-electron chi connectivity index (χ1n) is 3.22. The largest absolute Gasteiger partial charge is 0.354 e. The summed E-state index contributed by atoms with van der Waals surface area (Å²) < 4.78 is 0. The molecule has 3 heteroatoms. The van der Waals surface area contributed by atoms with Crippen LogP contribution in [0.25, 0.3) is 0 Å². The van der Waals surface area contributed by atoms with Crippen LogP contribution in [0.1, 0.15) is 10.6 Å². The number of rotatable bonds is 1. The first kappa shape index (κ1) is 7.54. The molecule has 0 saturated carbocycles. The van der Waals surface area contributed by atoms with E-state index < -0.39 is 0 Å². The summed E-state index contributed by atoms with van der Waals surface area (Å²) in [4.78, 5) is 7.70. The molecule has 1 aromatic rings. The molecule has 56 valence electrons. The molecule has 1 rings (SSSR count). The van der Waals surface area contributed by atoms with Gasteiger partial charge in [0.25, 0.3) is 0 Å². The van der Waals surface area contributed by atoms with E-state index in [0.717, 1.165) is 10.8 Å². The summed E-state index contributed by atoms with van der Waals surface area (Å²) in [6, 6.07) is 0. The van der Waals surface area contributed by atoms with Gasteiger partial charge in [-0.2, -0.15) is 0 Å². The van der Waals surface area contributed by atoms with Crippen LogP contribution in [0.4, 0.5) is 5.13 Å². The van der Waals surface area contributed by atoms with Crippen LogP contribution in [-0.2, 0) is 0 Å². The van der Waals surface area contributed by atoms with Crippen LogP contribution >= 0.6 is 11.3 Å². The molecule has 0 atom stereocenters. The van der Waals surface area contributed by atoms with Gasteiger partial charge in [-0.25, -0.2) is 4.98 Å². The number of aryl methyl sites for hydroxylation is 2. The SMILES string of the molecule is Cc1nc(N(C)C)sc1C. The van der Waals surface area contributed by atoms with E-state index in [1.807, 2.05) is 25.9 Å². The minimum Gasteiger partial charge on any atom is -0.354 e. The van der Waals surface area contributed by atoms with Crippen molar-refractivity contribution in [2.45, 2.75) is 13.8 Å². The second kappa shape index (κ2) is 2.58. The van der Waals surface area contributed by atoms with Gasteiger partial charge in [-0.1, -0.05) is 0 Å². The molecule has 0 bridgehead atoms. The molecule has 10 heavy (non-hydrogen) atoms. The van der Waals surface area contributed by atoms with E-state index >= 15 is 0 Å². The van der Waals surface area contributed by atoms with Gasteiger partial charge in [-0.05, 0) is 13.8 Å². The van der Waals surface area contributed by atoms with E-state index in [1.165, 1.54) is 4.88 Å². The maximum atomic E-state index is 4.35. The van der Waals surface area contributed by atoms with Gasteiger partial charge in [-0.3, -0.25) is 0 Å². The summed E-state index contributed by atoms with van der Waals surface area (Å²) in [7, 11) is 4.02. The molecule has 1 heterocycles. The molecule has 0 radical (unpaired) electrons. The summed E-state index contributed by atoms with van der Waals surface area (Å²) in [5, 5.41) is 1.09. The van der Waals surface area contributed by atoms with Crippen LogP contribution < -0.4 is 4.90 Å². The summed E-state index contributed by atoms with van der Waals surface area (Å²) in [5.41, 5.74) is 1.15. The number of hydrogen-bond acceptors (Lipinski definition) is 3. The zero-order valence-corrected chi connectivity index (χ0v) is 7.62. The number of anilines is 1. The molecule has 0 aromatic carbocycles. The van der Waals surface area contributed by atoms with Gasteiger partial charge in [-0.15, -0.1) is 11.3 Å². The quantitative estimate of drug-likeness (QED) is 0.616. The van der Waals surface area contributed by atoms with Crippen molar-refractivity contribution >= 4 is 16.5 Å². The Labute approximate surface area is 65.5 Å². The monoisotopic (exact) mass is 156 g/mol. The molecule has 0 fully saturated rings. The lowest BCUT2D eigenvalue weighted by atomic mass is 10.4. The Kier molecular flexibility index (Phi) is 1.94. The first-order valence-corrected chi connectivity index (χ1v) is 4.04. The summed E-state index contributed by atoms with van der Waals surface area (Å²) in [6.45, 7) is 4.14. The molecule has 0 aliphatic heterocycles. The highest BCUT2D eigenvalue weighted by Crippen LogP contribution is 2.22. The Bertz CT molecular complexity index is 208. The smallest absolute Gasteiger partial charge is 0.185 e. The van der Waals surface area contributed by atoms with E-state index in [4.69, 9.17) is 0 Å². The van der Waals surface area contributed by atoms with Crippen LogP contribution in [-0.4, -0.2) is 19.1 Å². The fraction of sp³-hybridized carbons (Fsp3) is 0.571. The predicted octanol–water partition coefficient (Wildman–Crippen LogP) is 1.83. The predicted molar refractivity (Wildman–Crippen MR) is 45.9 cm³/mol. The second-order valence-electron chi connectivity index (χ2n) is 2.53. The normalized spacial score (nSPS) is 10.0. The Morgan fingerprint density at radius 1 is 1.30 bits per heavy atom. The number of nitrogens with zero attached hydrogens (tertiary/aromatic N) is 2. The van der Waals surface area contributed by atoms with Gasteiger partial charge in [0.1, 0.15) is 0 Å². The molecular formula is C7H12N2S. The van der Waals surface area contributed by atoms with Crippen molar-refractivity contribution in [1.29, 1.82) is 0 Å². The summed E-state index contributed by atoms with van der Waals surface area (Å²) in [5.74, 6) is 0. The van der Waals surface area contributed by atoms with Crippen molar-refractivity contribution in [2.75, 3.05) is 19.0 Å². The standard InChI is InChI=1S/C7H12N2S/c1-5-6(2)10-7(8-5)9(3)4/h1-4H3. The van der Waals surface area contributed by atoms with Gasteiger partial charge >= 0.3 is 0 Å². The van der Waals surface area contributed by atoms with Crippen molar-refractivity contribution in [3.8, 4) is 0 Å². The van der Waals surface area contributed by atoms with Crippen LogP contribution in [0.2, 0.25) is 0 Å². The van der Waals surface area contributed by atoms with Crippen LogP contribution in [0.15, 0.2) is 0 Å². The van der Waals surface area contributed by atoms with Gasteiger partial charge in [0, 0.05) is 19.0 Å². The first-order chi connectivity index (χ1) is 4.61. The molecule has 1 aromatic heterocycles. The average Bonchev–Trinajstić information content (AvgIpc) is 2.13. The minimum absolute atomic E-state index is 1.09. The lowest BCUT2D eigenvalue weighted by Crippen LogP contribution is -2.07. The van der Waals surface area contributed by atoms with E-state index in [9.17, 15) is 0 Å². The van der Waals surface area contributed by atoms with Crippen LogP contribution in [0, 0.1) is 13.8 Å². The van der Waals surface area contributed by atoms with E-state index in [0.29, 0.717) is 0 Å². The Balaban J connectivity index is 2.98. The number of hydrogen-bond donors (Lipinski definition) is 0. The molecule has 0 aliphatic rings. The van der Waals surface area contributed by atoms with Crippen molar-refractivity contribution < 1.29 is 0 Å². The van der Waals surface area contributed by atoms with Crippen molar-refractivity contribution in [1.82, 2.24) is 4.98 Å². The fourth-order valence-electron chi connectivity index (χ4n) is 0.647. The average molecular weight is 156 g/mol. The van der Waals surface area contributed by atoms with E-state index in [1.54, 1.807) is 11.3 Å². The molecule has 0 N–H and O–H groups in total. The molecule has 0 spiro atoms. The lowest BCUT2D eigenvalue weighted by molar-refractivity contribution is 1.08. The third kappa shape index (κ3) is 1.29. The van der Waals surface area contributed by atoms with Gasteiger partial charge in [0.2, 0.25) is 0 Å². The van der Waals surface area contributed by atoms with Gasteiger partial charge in [0.15, 0.2) is 5.13 Å². The Morgan fingerprint density at radius 2 is 1.90 bits per heavy atom. The van der Waals surface area contributed by atoms with Crippen molar-refractivity contribution in [2.24, 2.45) is 0 Å². The topological polar surface area (TPSA) is 16.1 Å². The van der Waals surface area contributed by atoms with Crippen molar-refractivity contribution in [3.63, 3.8) is 0 Å². The van der Waals surface area contributed by atoms with E-state index in [2.05, 4.69) is 11.9 Å². The molecule has 0 saturated heterocycles. The molecule has 0 amide bonds. The molecular weight excluding hydrogens is 144 g/mol. The highest BCUT2D eigenvalue weighted by Gasteiger charge is 2.03. The van der Waals surface area contributed by atoms with Crippen LogP contribution in [0.3, 0.4) is 0 Å². The third-order valence-electron chi connectivity index (χ3n) is 1.40. The van der Waals surface area contributed by atoms with Crippen molar-refractivity contribution in [3.05, 3.63) is 10.6 Å². The van der Waals surface area contributed by atoms with E-state index in [-0.39, 0.29) is 0 Å². The zero-order chi connectivity index (χ0) is 7.72. The van der Waals surface area contributed by atoms with Gasteiger partial charge < -0.3 is 4.90 Å². The zero-order valence-electron chi connectivity index (χ0n) is 6.80. The summed E-state index contributed by atoms with van der Waals surface area (Å²) >= 11 is 1.74. The highest BCUT2D eigenvalue weighted by atomic mass is 32.1. The third-order valence-corrected chi connectivity index (χ3v) is 2.64. The van der Waals surface area contributed by atoms with Crippen LogP contribution in [0.5, 0.6) is 0 Å². The molecule has 0 aliphatic carbocycles. The summed E-state index contributed by atoms with van der Waals surface area (Å²) in [6.07, 6.45) is 0. The Morgan fingerprint density at radius 3 is 2.10 bits per heavy atom. The number of thiazole rings is 1. The maximum absolute atomic E-state index is 4.35. The number of aromatic nitrogens is 1. The van der Waals surface area contributed by atoms with Gasteiger partial charge in [0.05, 0.1) is 5.69 Å². The molecule has 0 unspecified atom stereocenters. The minimum atomic E-state index is 1.09. The highest BCUT2D eigenvalue weighted by molar-refractivity contribution is 7.15. The Hall–Kier alpha value is -0.570. The maximum Gasteiger partial charge on any atom is 0.185 e. The fourth-order valence-corrected chi connectivity index (χ4v) is 1.48. The second-order valence-corrected chi connectivity index (χ2v) is 3.71.